The van der Waals surface area contributed by atoms with Gasteiger partial charge in [0.05, 0.1) is 0 Å². The number of carbonyl (C=O) groups is 7. The molecule has 258 valence electrons. The van der Waals surface area contributed by atoms with Crippen molar-refractivity contribution in [3.05, 3.63) is 40.9 Å². The van der Waals surface area contributed by atoms with E-state index in [0.29, 0.717) is 0 Å². The number of hydrogen-bond donors (Lipinski definition) is 0. The largest absolute Gasteiger partial charge is 0.449 e. The molecule has 0 atom stereocenters. The molecule has 0 spiro atoms. The highest BCUT2D eigenvalue weighted by atomic mass is 79.9. The molecule has 0 aromatic heterocycles. The maximum Gasteiger partial charge on any atom is 0.308 e. The van der Waals surface area contributed by atoms with Crippen LogP contribution in [-0.4, -0.2) is 41.8 Å². The summed E-state index contributed by atoms with van der Waals surface area (Å²) in [6.45, 7) is 7.63. The molecule has 16 nitrogen and oxygen atoms in total. The Morgan fingerprint density at radius 3 is 1.10 bits per heavy atom. The average molecular weight is 747 g/mol. The van der Waals surface area contributed by atoms with Crippen LogP contribution in [0.25, 0.3) is 0 Å². The van der Waals surface area contributed by atoms with E-state index in [4.69, 9.17) is 42.6 Å². The zero-order chi connectivity index (χ0) is 36.6. The van der Waals surface area contributed by atoms with Crippen LogP contribution in [0.5, 0.6) is 63.2 Å². The molecule has 3 rings (SSSR count). The molecular formula is C32H27BrO16. The van der Waals surface area contributed by atoms with Crippen molar-refractivity contribution >= 4 is 57.7 Å². The van der Waals surface area contributed by atoms with Crippen molar-refractivity contribution in [2.24, 2.45) is 0 Å². The van der Waals surface area contributed by atoms with Gasteiger partial charge in [0.15, 0.2) is 23.0 Å². The number of ether oxygens (including phenoxy) is 9. The fourth-order valence-electron chi connectivity index (χ4n) is 3.83. The molecule has 0 saturated heterocycles. The SMILES string of the molecule is CC(=O)Oc1cc(OC(C)=O)cc(Oc2c(OC(C)=O)cc(Oc3c(OC(C)=O)cc(OC(C)=O)cc3OC(C)=O)c(Br)c2OC(C)=O)c1. The smallest absolute Gasteiger partial charge is 0.308 e. The molecule has 0 aliphatic carbocycles. The summed E-state index contributed by atoms with van der Waals surface area (Å²) in [6, 6.07) is 7.00. The second kappa shape index (κ2) is 16.2. The van der Waals surface area contributed by atoms with Gasteiger partial charge >= 0.3 is 41.8 Å². The van der Waals surface area contributed by atoms with Crippen LogP contribution in [0.4, 0.5) is 0 Å². The molecular weight excluding hydrogens is 720 g/mol. The molecule has 0 aliphatic rings. The standard InChI is InChI=1S/C32H27BrO16/c1-14(34)41-21-8-22(42-15(2)35)10-23(9-21)48-31-28(46-19(6)39)13-25(29(33)32(31)47-20(7)40)49-30-26(44-17(4)37)11-24(43-16(3)36)12-27(30)45-18(5)38/h8-13H,1-7H3. The van der Waals surface area contributed by atoms with E-state index in [0.717, 1.165) is 66.7 Å². The average Bonchev–Trinajstić information content (AvgIpc) is 2.92. The summed E-state index contributed by atoms with van der Waals surface area (Å²) in [6.07, 6.45) is 0. The van der Waals surface area contributed by atoms with Crippen molar-refractivity contribution in [3.8, 4) is 63.2 Å². The molecule has 0 fully saturated rings. The van der Waals surface area contributed by atoms with Gasteiger partial charge in [-0.25, -0.2) is 0 Å². The van der Waals surface area contributed by atoms with Crippen LogP contribution < -0.4 is 42.6 Å². The van der Waals surface area contributed by atoms with E-state index in [1.54, 1.807) is 0 Å². The molecule has 0 bridgehead atoms. The molecule has 0 unspecified atom stereocenters. The Morgan fingerprint density at radius 2 is 0.714 bits per heavy atom. The fraction of sp³-hybridized carbons (Fsp3) is 0.219. The zero-order valence-corrected chi connectivity index (χ0v) is 28.5. The highest BCUT2D eigenvalue weighted by molar-refractivity contribution is 9.10. The Morgan fingerprint density at radius 1 is 0.367 bits per heavy atom. The molecule has 0 aliphatic heterocycles. The van der Waals surface area contributed by atoms with Crippen LogP contribution in [0.3, 0.4) is 0 Å². The summed E-state index contributed by atoms with van der Waals surface area (Å²) in [5.74, 6) is -8.79. The lowest BCUT2D eigenvalue weighted by atomic mass is 10.2. The third kappa shape index (κ3) is 11.1. The van der Waals surface area contributed by atoms with Gasteiger partial charge in [0, 0.05) is 84.9 Å². The Labute approximate surface area is 286 Å². The molecule has 0 radical (unpaired) electrons. The van der Waals surface area contributed by atoms with E-state index < -0.39 is 64.8 Å². The van der Waals surface area contributed by atoms with Crippen LogP contribution in [-0.2, 0) is 33.6 Å². The first kappa shape index (κ1) is 37.5. The number of rotatable bonds is 11. The Bertz CT molecular complexity index is 1790. The number of halogens is 1. The summed E-state index contributed by atoms with van der Waals surface area (Å²) < 4.78 is 48.4. The molecule has 0 heterocycles. The quantitative estimate of drug-likeness (QED) is 0.175. The molecule has 0 saturated carbocycles. The summed E-state index contributed by atoms with van der Waals surface area (Å²) in [5.41, 5.74) is 0. The molecule has 3 aromatic rings. The zero-order valence-electron chi connectivity index (χ0n) is 26.9. The topological polar surface area (TPSA) is 203 Å². The summed E-state index contributed by atoms with van der Waals surface area (Å²) in [4.78, 5) is 83.4. The van der Waals surface area contributed by atoms with Crippen molar-refractivity contribution in [2.75, 3.05) is 0 Å². The summed E-state index contributed by atoms with van der Waals surface area (Å²) >= 11 is 3.28. The van der Waals surface area contributed by atoms with Crippen LogP contribution in [0.15, 0.2) is 40.9 Å². The fourth-order valence-corrected chi connectivity index (χ4v) is 4.29. The minimum Gasteiger partial charge on any atom is -0.449 e. The van der Waals surface area contributed by atoms with Crippen LogP contribution >= 0.6 is 15.9 Å². The highest BCUT2D eigenvalue weighted by Crippen LogP contribution is 2.53. The van der Waals surface area contributed by atoms with E-state index in [-0.39, 0.29) is 44.7 Å². The highest BCUT2D eigenvalue weighted by Gasteiger charge is 2.28. The number of carbonyl (C=O) groups excluding carboxylic acids is 7. The summed E-state index contributed by atoms with van der Waals surface area (Å²) in [5, 5.41) is 0. The minimum absolute atomic E-state index is 0.100. The van der Waals surface area contributed by atoms with Crippen LogP contribution in [0.1, 0.15) is 48.5 Å². The first-order valence-electron chi connectivity index (χ1n) is 13.8. The van der Waals surface area contributed by atoms with E-state index >= 15 is 0 Å². The van der Waals surface area contributed by atoms with Gasteiger partial charge in [0.1, 0.15) is 33.2 Å². The Balaban J connectivity index is 2.31. The maximum absolute atomic E-state index is 12.3. The molecule has 0 N–H and O–H groups in total. The van der Waals surface area contributed by atoms with Crippen LogP contribution in [0, 0.1) is 0 Å². The Hall–Kier alpha value is -5.97. The number of hydrogen-bond acceptors (Lipinski definition) is 16. The van der Waals surface area contributed by atoms with Crippen molar-refractivity contribution in [1.29, 1.82) is 0 Å². The first-order valence-corrected chi connectivity index (χ1v) is 14.5. The third-order valence-corrected chi connectivity index (χ3v) is 5.93. The van der Waals surface area contributed by atoms with Crippen molar-refractivity contribution in [3.63, 3.8) is 0 Å². The monoisotopic (exact) mass is 746 g/mol. The lowest BCUT2D eigenvalue weighted by Gasteiger charge is -2.21. The van der Waals surface area contributed by atoms with E-state index in [2.05, 4.69) is 15.9 Å². The molecule has 3 aromatic carbocycles. The van der Waals surface area contributed by atoms with Gasteiger partial charge in [-0.3, -0.25) is 33.6 Å². The second-order valence-electron chi connectivity index (χ2n) is 9.59. The molecule has 0 amide bonds. The van der Waals surface area contributed by atoms with Crippen LogP contribution in [0.2, 0.25) is 0 Å². The lowest BCUT2D eigenvalue weighted by molar-refractivity contribution is -0.133. The predicted octanol–water partition coefficient (Wildman–Crippen LogP) is 5.51. The van der Waals surface area contributed by atoms with Crippen molar-refractivity contribution in [1.82, 2.24) is 0 Å². The minimum atomic E-state index is -0.877. The van der Waals surface area contributed by atoms with E-state index in [9.17, 15) is 33.6 Å². The number of esters is 7. The predicted molar refractivity (Wildman–Crippen MR) is 166 cm³/mol. The third-order valence-electron chi connectivity index (χ3n) is 5.18. The van der Waals surface area contributed by atoms with Gasteiger partial charge in [-0.1, -0.05) is 0 Å². The number of benzene rings is 3. The van der Waals surface area contributed by atoms with Crippen molar-refractivity contribution in [2.45, 2.75) is 48.5 Å². The van der Waals surface area contributed by atoms with Gasteiger partial charge in [0.2, 0.25) is 11.5 Å². The van der Waals surface area contributed by atoms with Gasteiger partial charge in [-0.05, 0) is 15.9 Å². The maximum atomic E-state index is 12.3. The molecule has 49 heavy (non-hydrogen) atoms. The van der Waals surface area contributed by atoms with Gasteiger partial charge in [-0.15, -0.1) is 0 Å². The second-order valence-corrected chi connectivity index (χ2v) is 10.4. The first-order chi connectivity index (χ1) is 22.9. The normalized spacial score (nSPS) is 10.2. The Kier molecular flexibility index (Phi) is 12.4. The van der Waals surface area contributed by atoms with Gasteiger partial charge < -0.3 is 42.6 Å². The van der Waals surface area contributed by atoms with Crippen molar-refractivity contribution < 1.29 is 76.2 Å². The van der Waals surface area contributed by atoms with Gasteiger partial charge in [0.25, 0.3) is 0 Å². The molecule has 17 heteroatoms. The van der Waals surface area contributed by atoms with E-state index in [1.807, 2.05) is 0 Å². The van der Waals surface area contributed by atoms with Gasteiger partial charge in [-0.2, -0.15) is 0 Å². The van der Waals surface area contributed by atoms with E-state index in [1.165, 1.54) is 18.2 Å². The summed E-state index contributed by atoms with van der Waals surface area (Å²) in [7, 11) is 0. The lowest BCUT2D eigenvalue weighted by Crippen LogP contribution is -2.10.